The average molecular weight is 331 g/mol. The van der Waals surface area contributed by atoms with Gasteiger partial charge in [0.25, 0.3) is 5.91 Å². The maximum Gasteiger partial charge on any atom is 0.258 e. The van der Waals surface area contributed by atoms with Crippen LogP contribution in [-0.2, 0) is 0 Å². The number of nitrogens with one attached hydrogen (secondary N) is 3. The highest BCUT2D eigenvalue weighted by Gasteiger charge is 2.17. The SMILES string of the molecule is CNc1ncc(C(=O)Nc2ccc(C(C)C)cc2)c(Cl)c1C=N. The van der Waals surface area contributed by atoms with Crippen molar-refractivity contribution < 1.29 is 4.79 Å². The van der Waals surface area contributed by atoms with Crippen molar-refractivity contribution >= 4 is 35.2 Å². The van der Waals surface area contributed by atoms with Gasteiger partial charge >= 0.3 is 0 Å². The minimum Gasteiger partial charge on any atom is -0.373 e. The smallest absolute Gasteiger partial charge is 0.258 e. The van der Waals surface area contributed by atoms with E-state index in [4.69, 9.17) is 17.0 Å². The van der Waals surface area contributed by atoms with E-state index in [2.05, 4.69) is 29.5 Å². The van der Waals surface area contributed by atoms with Crippen LogP contribution in [0.3, 0.4) is 0 Å². The molecule has 0 unspecified atom stereocenters. The van der Waals surface area contributed by atoms with Gasteiger partial charge in [-0.3, -0.25) is 4.79 Å². The lowest BCUT2D eigenvalue weighted by atomic mass is 10.0. The Hall–Kier alpha value is -2.40. The summed E-state index contributed by atoms with van der Waals surface area (Å²) in [5.41, 5.74) is 2.51. The third-order valence-electron chi connectivity index (χ3n) is 3.51. The van der Waals surface area contributed by atoms with Crippen molar-refractivity contribution in [2.24, 2.45) is 0 Å². The van der Waals surface area contributed by atoms with E-state index in [9.17, 15) is 4.79 Å². The number of hydrogen-bond acceptors (Lipinski definition) is 4. The van der Waals surface area contributed by atoms with Crippen molar-refractivity contribution in [3.63, 3.8) is 0 Å². The van der Waals surface area contributed by atoms with Crippen molar-refractivity contribution in [3.05, 3.63) is 52.2 Å². The molecule has 6 heteroatoms. The Bertz CT molecular complexity index is 726. The van der Waals surface area contributed by atoms with Gasteiger partial charge in [-0.15, -0.1) is 0 Å². The lowest BCUT2D eigenvalue weighted by molar-refractivity contribution is 0.102. The molecule has 23 heavy (non-hydrogen) atoms. The Morgan fingerprint density at radius 3 is 2.48 bits per heavy atom. The number of amides is 1. The Morgan fingerprint density at radius 2 is 1.96 bits per heavy atom. The number of aromatic nitrogens is 1. The Balaban J connectivity index is 2.25. The summed E-state index contributed by atoms with van der Waals surface area (Å²) in [5, 5.41) is 13.3. The van der Waals surface area contributed by atoms with Gasteiger partial charge in [0.2, 0.25) is 0 Å². The van der Waals surface area contributed by atoms with E-state index >= 15 is 0 Å². The second-order valence-corrected chi connectivity index (χ2v) is 5.75. The summed E-state index contributed by atoms with van der Waals surface area (Å²) in [6.07, 6.45) is 2.48. The molecule has 0 atom stereocenters. The molecular weight excluding hydrogens is 312 g/mol. The van der Waals surface area contributed by atoms with Crippen molar-refractivity contribution in [1.82, 2.24) is 4.98 Å². The topological polar surface area (TPSA) is 77.9 Å². The van der Waals surface area contributed by atoms with Crippen LogP contribution in [0.1, 0.15) is 41.3 Å². The highest BCUT2D eigenvalue weighted by molar-refractivity contribution is 6.37. The van der Waals surface area contributed by atoms with Crippen LogP contribution in [0.25, 0.3) is 0 Å². The second kappa shape index (κ2) is 7.24. The fraction of sp³-hybridized carbons (Fsp3) is 0.235. The molecule has 1 heterocycles. The van der Waals surface area contributed by atoms with Crippen LogP contribution in [0.2, 0.25) is 5.02 Å². The van der Waals surface area contributed by atoms with E-state index < -0.39 is 0 Å². The minimum absolute atomic E-state index is 0.204. The lowest BCUT2D eigenvalue weighted by Crippen LogP contribution is -2.14. The summed E-state index contributed by atoms with van der Waals surface area (Å²) in [7, 11) is 1.68. The highest BCUT2D eigenvalue weighted by Crippen LogP contribution is 2.25. The van der Waals surface area contributed by atoms with Crippen molar-refractivity contribution in [3.8, 4) is 0 Å². The average Bonchev–Trinajstić information content (AvgIpc) is 2.54. The van der Waals surface area contributed by atoms with Gasteiger partial charge in [-0.25, -0.2) is 4.98 Å². The predicted molar refractivity (Wildman–Crippen MR) is 95.2 cm³/mol. The van der Waals surface area contributed by atoms with Crippen LogP contribution in [0, 0.1) is 5.41 Å². The molecule has 0 saturated heterocycles. The van der Waals surface area contributed by atoms with Gasteiger partial charge in [-0.1, -0.05) is 37.6 Å². The molecule has 2 rings (SSSR count). The number of benzene rings is 1. The van der Waals surface area contributed by atoms with Crippen LogP contribution in [0.5, 0.6) is 0 Å². The van der Waals surface area contributed by atoms with Gasteiger partial charge in [0, 0.05) is 25.1 Å². The predicted octanol–water partition coefficient (Wildman–Crippen LogP) is 4.15. The third kappa shape index (κ3) is 3.68. The van der Waals surface area contributed by atoms with Crippen LogP contribution in [-0.4, -0.2) is 24.2 Å². The summed E-state index contributed by atoms with van der Waals surface area (Å²) in [6, 6.07) is 7.67. The van der Waals surface area contributed by atoms with Gasteiger partial charge in [-0.2, -0.15) is 0 Å². The Morgan fingerprint density at radius 1 is 1.30 bits per heavy atom. The number of anilines is 2. The van der Waals surface area contributed by atoms with E-state index in [0.717, 1.165) is 6.21 Å². The first-order chi connectivity index (χ1) is 11.0. The van der Waals surface area contributed by atoms with E-state index in [-0.39, 0.29) is 16.5 Å². The molecule has 1 aromatic carbocycles. The number of pyridine rings is 1. The molecule has 0 spiro atoms. The molecule has 0 aliphatic heterocycles. The largest absolute Gasteiger partial charge is 0.373 e. The van der Waals surface area contributed by atoms with Crippen LogP contribution < -0.4 is 10.6 Å². The zero-order valence-electron chi connectivity index (χ0n) is 13.3. The number of halogens is 1. The molecular formula is C17H19ClN4O. The fourth-order valence-electron chi connectivity index (χ4n) is 2.14. The third-order valence-corrected chi connectivity index (χ3v) is 3.92. The summed E-state index contributed by atoms with van der Waals surface area (Å²) < 4.78 is 0. The molecule has 0 fully saturated rings. The summed E-state index contributed by atoms with van der Waals surface area (Å²) in [4.78, 5) is 16.5. The van der Waals surface area contributed by atoms with E-state index in [0.29, 0.717) is 23.0 Å². The fourth-order valence-corrected chi connectivity index (χ4v) is 2.42. The van der Waals surface area contributed by atoms with Gasteiger partial charge < -0.3 is 16.0 Å². The van der Waals surface area contributed by atoms with E-state index in [1.165, 1.54) is 11.8 Å². The molecule has 2 aromatic rings. The summed E-state index contributed by atoms with van der Waals surface area (Å²) >= 11 is 6.23. The molecule has 1 amide bonds. The van der Waals surface area contributed by atoms with Gasteiger partial charge in [0.15, 0.2) is 0 Å². The molecule has 0 aliphatic carbocycles. The number of hydrogen-bond donors (Lipinski definition) is 3. The normalized spacial score (nSPS) is 10.5. The molecule has 3 N–H and O–H groups in total. The molecule has 0 aliphatic rings. The lowest BCUT2D eigenvalue weighted by Gasteiger charge is -2.11. The molecule has 0 bridgehead atoms. The number of nitrogens with zero attached hydrogens (tertiary/aromatic N) is 1. The van der Waals surface area contributed by atoms with Crippen molar-refractivity contribution in [2.75, 3.05) is 17.7 Å². The minimum atomic E-state index is -0.356. The number of rotatable bonds is 5. The zero-order valence-corrected chi connectivity index (χ0v) is 14.0. The van der Waals surface area contributed by atoms with Gasteiger partial charge in [-0.05, 0) is 23.6 Å². The maximum atomic E-state index is 12.4. The standard InChI is InChI=1S/C17H19ClN4O/c1-10(2)11-4-6-12(7-5-11)22-17(23)14-9-21-16(20-3)13(8-19)15(14)18/h4-10,19H,1-3H3,(H,20,21)(H,22,23). The van der Waals surface area contributed by atoms with Crippen molar-refractivity contribution in [1.29, 1.82) is 5.41 Å². The first kappa shape index (κ1) is 17.0. The maximum absolute atomic E-state index is 12.4. The van der Waals surface area contributed by atoms with E-state index in [1.54, 1.807) is 7.05 Å². The first-order valence-corrected chi connectivity index (χ1v) is 7.63. The Labute approximate surface area is 140 Å². The van der Waals surface area contributed by atoms with Crippen LogP contribution >= 0.6 is 11.6 Å². The molecule has 5 nitrogen and oxygen atoms in total. The molecule has 0 radical (unpaired) electrons. The highest BCUT2D eigenvalue weighted by atomic mass is 35.5. The van der Waals surface area contributed by atoms with Crippen LogP contribution in [0.4, 0.5) is 11.5 Å². The molecule has 1 aromatic heterocycles. The molecule has 0 saturated carbocycles. The van der Waals surface area contributed by atoms with Crippen LogP contribution in [0.15, 0.2) is 30.5 Å². The second-order valence-electron chi connectivity index (χ2n) is 5.37. The Kier molecular flexibility index (Phi) is 5.34. The summed E-state index contributed by atoms with van der Waals surface area (Å²) in [5.74, 6) is 0.538. The number of carbonyl (C=O) groups excluding carboxylic acids is 1. The quantitative estimate of drug-likeness (QED) is 0.721. The monoisotopic (exact) mass is 330 g/mol. The molecule has 120 valence electrons. The van der Waals surface area contributed by atoms with E-state index in [1.807, 2.05) is 24.3 Å². The number of carbonyl (C=O) groups is 1. The van der Waals surface area contributed by atoms with Gasteiger partial charge in [0.05, 0.1) is 16.1 Å². The van der Waals surface area contributed by atoms with Gasteiger partial charge in [0.1, 0.15) is 5.82 Å². The zero-order chi connectivity index (χ0) is 17.0. The summed E-state index contributed by atoms with van der Waals surface area (Å²) in [6.45, 7) is 4.22. The first-order valence-electron chi connectivity index (χ1n) is 7.26. The van der Waals surface area contributed by atoms with Crippen molar-refractivity contribution in [2.45, 2.75) is 19.8 Å².